The van der Waals surface area contributed by atoms with E-state index in [1.807, 2.05) is 18.5 Å². The molecule has 1 aliphatic carbocycles. The van der Waals surface area contributed by atoms with Crippen molar-refractivity contribution in [3.05, 3.63) is 48.3 Å². The Labute approximate surface area is 147 Å². The number of fused-ring (bicyclic) bond motifs is 1. The Morgan fingerprint density at radius 3 is 2.67 bits per heavy atom. The molecule has 1 fully saturated rings. The van der Waals surface area contributed by atoms with Gasteiger partial charge in [0.25, 0.3) is 0 Å². The van der Waals surface area contributed by atoms with E-state index in [0.29, 0.717) is 12.6 Å². The number of hydrogen-bond donors (Lipinski definition) is 1. The Bertz CT molecular complexity index is 715. The van der Waals surface area contributed by atoms with E-state index >= 15 is 0 Å². The lowest BCUT2D eigenvalue weighted by atomic mass is 9.91. The summed E-state index contributed by atoms with van der Waals surface area (Å²) in [7, 11) is 0. The maximum atomic E-state index is 11.7. The maximum absolute atomic E-state index is 11.7. The van der Waals surface area contributed by atoms with Crippen molar-refractivity contribution in [3.8, 4) is 0 Å². The Hall–Kier alpha value is -1.59. The summed E-state index contributed by atoms with van der Waals surface area (Å²) in [5.41, 5.74) is -0.0586. The maximum Gasteiger partial charge on any atom is 0.397 e. The minimum Gasteiger partial charge on any atom is -0.353 e. The second kappa shape index (κ2) is 6.37. The van der Waals surface area contributed by atoms with Crippen molar-refractivity contribution in [3.63, 3.8) is 0 Å². The van der Waals surface area contributed by atoms with Gasteiger partial charge in [0.15, 0.2) is 0 Å². The average Bonchev–Trinajstić information content (AvgIpc) is 2.95. The summed E-state index contributed by atoms with van der Waals surface area (Å²) in [5, 5.41) is 11.7. The average molecular weight is 342 g/mol. The number of hydrogen-bond acceptors (Lipinski definition) is 4. The van der Waals surface area contributed by atoms with E-state index in [4.69, 9.17) is 0 Å². The number of nitrogens with zero attached hydrogens (tertiary/aromatic N) is 3. The minimum absolute atomic E-state index is 0.354. The van der Waals surface area contributed by atoms with E-state index in [0.717, 1.165) is 24.4 Å². The first kappa shape index (κ1) is 15.9. The zero-order valence-electron chi connectivity index (χ0n) is 14.1. The molecule has 0 amide bonds. The zero-order valence-corrected chi connectivity index (χ0v) is 14.9. The summed E-state index contributed by atoms with van der Waals surface area (Å²) in [6.45, 7) is 0.533. The number of thioether (sulfide) groups is 1. The largest absolute Gasteiger partial charge is 0.397 e. The van der Waals surface area contributed by atoms with Gasteiger partial charge in [0, 0.05) is 16.5 Å². The monoisotopic (exact) mass is 342 g/mol. The Kier molecular flexibility index (Phi) is 4.22. The number of aliphatic hydroxyl groups is 1. The van der Waals surface area contributed by atoms with Gasteiger partial charge in [-0.3, -0.25) is 0 Å². The molecule has 0 radical (unpaired) electrons. The predicted octanol–water partition coefficient (Wildman–Crippen LogP) is 3.09. The van der Waals surface area contributed by atoms with Crippen molar-refractivity contribution >= 4 is 17.7 Å². The van der Waals surface area contributed by atoms with E-state index < -0.39 is 5.72 Å². The van der Waals surface area contributed by atoms with E-state index in [9.17, 15) is 5.11 Å². The molecule has 1 unspecified atom stereocenters. The Morgan fingerprint density at radius 1 is 1.21 bits per heavy atom. The molecule has 2 aliphatic rings. The molecular formula is C19H24N3OS+. The Balaban J connectivity index is 1.77. The van der Waals surface area contributed by atoms with Crippen LogP contribution in [0, 0.1) is 0 Å². The van der Waals surface area contributed by atoms with Crippen molar-refractivity contribution in [1.29, 1.82) is 0 Å². The van der Waals surface area contributed by atoms with Gasteiger partial charge in [-0.2, -0.15) is 0 Å². The molecule has 0 bridgehead atoms. The van der Waals surface area contributed by atoms with Crippen LogP contribution in [0.4, 0.5) is 5.95 Å². The highest BCUT2D eigenvalue weighted by Crippen LogP contribution is 2.39. The number of rotatable bonds is 3. The van der Waals surface area contributed by atoms with E-state index in [-0.39, 0.29) is 0 Å². The van der Waals surface area contributed by atoms with Crippen LogP contribution in [0.3, 0.4) is 0 Å². The van der Waals surface area contributed by atoms with Gasteiger partial charge in [0.05, 0.1) is 12.2 Å². The first-order valence-electron chi connectivity index (χ1n) is 8.73. The summed E-state index contributed by atoms with van der Waals surface area (Å²) in [4.78, 5) is 7.99. The molecule has 4 nitrogen and oxygen atoms in total. The molecule has 1 aromatic carbocycles. The van der Waals surface area contributed by atoms with Crippen LogP contribution in [-0.4, -0.2) is 22.4 Å². The second-order valence-corrected chi connectivity index (χ2v) is 7.63. The van der Waals surface area contributed by atoms with Crippen LogP contribution >= 0.6 is 11.8 Å². The van der Waals surface area contributed by atoms with Crippen LogP contribution in [-0.2, 0) is 12.3 Å². The zero-order chi connectivity index (χ0) is 16.6. The molecule has 4 rings (SSSR count). The van der Waals surface area contributed by atoms with Gasteiger partial charge in [-0.25, -0.2) is 9.47 Å². The van der Waals surface area contributed by atoms with Crippen LogP contribution < -0.4 is 9.47 Å². The van der Waals surface area contributed by atoms with Gasteiger partial charge in [0.1, 0.15) is 12.7 Å². The minimum atomic E-state index is -1.01. The molecule has 2 heterocycles. The van der Waals surface area contributed by atoms with Gasteiger partial charge < -0.3 is 5.11 Å². The predicted molar refractivity (Wildman–Crippen MR) is 95.9 cm³/mol. The molecule has 1 saturated carbocycles. The first-order valence-corrected chi connectivity index (χ1v) is 9.95. The van der Waals surface area contributed by atoms with Crippen molar-refractivity contribution in [1.82, 2.24) is 4.98 Å². The SMILES string of the molecule is CSc1ccc(C2(O)C[n+]3cccnc3N2C2CCCCC2)cc1. The normalized spacial score (nSPS) is 24.2. The van der Waals surface area contributed by atoms with Crippen LogP contribution in [0.2, 0.25) is 0 Å². The fraction of sp³-hybridized carbons (Fsp3) is 0.474. The second-order valence-electron chi connectivity index (χ2n) is 6.75. The fourth-order valence-electron chi connectivity index (χ4n) is 4.09. The van der Waals surface area contributed by atoms with Crippen LogP contribution in [0.25, 0.3) is 0 Å². The van der Waals surface area contributed by atoms with Crippen LogP contribution in [0.5, 0.6) is 0 Å². The smallest absolute Gasteiger partial charge is 0.353 e. The van der Waals surface area contributed by atoms with E-state index in [1.165, 1.54) is 24.2 Å². The molecule has 24 heavy (non-hydrogen) atoms. The van der Waals surface area contributed by atoms with Gasteiger partial charge in [-0.1, -0.05) is 36.4 Å². The molecule has 1 aromatic heterocycles. The van der Waals surface area contributed by atoms with E-state index in [1.54, 1.807) is 11.8 Å². The van der Waals surface area contributed by atoms with Crippen LogP contribution in [0.1, 0.15) is 37.7 Å². The Morgan fingerprint density at radius 2 is 1.96 bits per heavy atom. The molecule has 2 aromatic rings. The lowest BCUT2D eigenvalue weighted by Crippen LogP contribution is -2.51. The summed E-state index contributed by atoms with van der Waals surface area (Å²) < 4.78 is 2.08. The molecule has 1 N–H and O–H groups in total. The summed E-state index contributed by atoms with van der Waals surface area (Å²) in [6.07, 6.45) is 11.9. The highest BCUT2D eigenvalue weighted by molar-refractivity contribution is 7.98. The summed E-state index contributed by atoms with van der Waals surface area (Å²) in [5.74, 6) is 0.890. The lowest BCUT2D eigenvalue weighted by Gasteiger charge is -2.36. The van der Waals surface area contributed by atoms with Crippen molar-refractivity contribution < 1.29 is 9.67 Å². The highest BCUT2D eigenvalue weighted by atomic mass is 32.2. The van der Waals surface area contributed by atoms with Crippen molar-refractivity contribution in [2.45, 2.75) is 55.3 Å². The lowest BCUT2D eigenvalue weighted by molar-refractivity contribution is -0.685. The summed E-state index contributed by atoms with van der Waals surface area (Å²) in [6, 6.07) is 10.6. The molecule has 0 saturated heterocycles. The van der Waals surface area contributed by atoms with Crippen molar-refractivity contribution in [2.24, 2.45) is 0 Å². The standard InChI is InChI=1S/C19H24N3OS/c1-24-17-10-8-15(9-11-17)19(23)14-21-13-5-12-20-18(21)22(19)16-6-3-2-4-7-16/h5,8-13,16,23H,2-4,6-7,14H2,1H3/q+1. The molecule has 1 atom stereocenters. The molecule has 1 aliphatic heterocycles. The highest BCUT2D eigenvalue weighted by Gasteiger charge is 2.54. The third kappa shape index (κ3) is 2.60. The molecular weight excluding hydrogens is 318 g/mol. The van der Waals surface area contributed by atoms with Gasteiger partial charge in [0.2, 0.25) is 5.72 Å². The number of benzene rings is 1. The fourth-order valence-corrected chi connectivity index (χ4v) is 4.50. The first-order chi connectivity index (χ1) is 11.7. The summed E-state index contributed by atoms with van der Waals surface area (Å²) >= 11 is 1.72. The third-order valence-corrected chi connectivity index (χ3v) is 6.04. The van der Waals surface area contributed by atoms with Crippen molar-refractivity contribution in [2.75, 3.05) is 11.2 Å². The number of aromatic nitrogens is 2. The quantitative estimate of drug-likeness (QED) is 0.687. The van der Waals surface area contributed by atoms with E-state index in [2.05, 4.69) is 45.0 Å². The molecule has 5 heteroatoms. The molecule has 126 valence electrons. The van der Waals surface area contributed by atoms with Crippen LogP contribution in [0.15, 0.2) is 47.6 Å². The number of anilines is 1. The van der Waals surface area contributed by atoms with Gasteiger partial charge in [-0.15, -0.1) is 11.8 Å². The third-order valence-electron chi connectivity index (χ3n) is 5.30. The topological polar surface area (TPSA) is 40.2 Å². The molecule has 0 spiro atoms. The van der Waals surface area contributed by atoms with Gasteiger partial charge >= 0.3 is 5.95 Å². The van der Waals surface area contributed by atoms with Gasteiger partial charge in [-0.05, 0) is 31.2 Å².